The summed E-state index contributed by atoms with van der Waals surface area (Å²) in [6, 6.07) is 7.46. The molecule has 1 aliphatic heterocycles. The van der Waals surface area contributed by atoms with E-state index < -0.39 is 0 Å². The summed E-state index contributed by atoms with van der Waals surface area (Å²) in [5.74, 6) is 1.51. The fourth-order valence-corrected chi connectivity index (χ4v) is 3.02. The number of hydrogen-bond acceptors (Lipinski definition) is 5. The van der Waals surface area contributed by atoms with Crippen LogP contribution < -0.4 is 9.47 Å². The van der Waals surface area contributed by atoms with E-state index in [1.807, 2.05) is 23.1 Å². The number of methoxy groups -OCH3 is 2. The van der Waals surface area contributed by atoms with Crippen LogP contribution in [0.25, 0.3) is 0 Å². The molecule has 23 heavy (non-hydrogen) atoms. The van der Waals surface area contributed by atoms with E-state index in [9.17, 15) is 4.79 Å². The van der Waals surface area contributed by atoms with Gasteiger partial charge in [0.25, 0.3) is 5.91 Å². The lowest BCUT2D eigenvalue weighted by Crippen LogP contribution is -2.30. The molecular weight excluding hydrogens is 296 g/mol. The monoisotopic (exact) mass is 316 g/mol. The smallest absolute Gasteiger partial charge is 0.292 e. The summed E-state index contributed by atoms with van der Waals surface area (Å²) in [4.78, 5) is 14.5. The Balaban J connectivity index is 1.88. The normalized spacial score (nSPS) is 17.3. The first-order chi connectivity index (χ1) is 11.1. The van der Waals surface area contributed by atoms with Crippen LogP contribution in [0.2, 0.25) is 0 Å². The lowest BCUT2D eigenvalue weighted by Gasteiger charge is -2.24. The van der Waals surface area contributed by atoms with Crippen molar-refractivity contribution in [2.45, 2.75) is 25.8 Å². The molecule has 0 spiro atoms. The van der Waals surface area contributed by atoms with E-state index in [1.165, 1.54) is 0 Å². The molecule has 1 fully saturated rings. The molecule has 1 amide bonds. The first-order valence-electron chi connectivity index (χ1n) is 7.60. The molecule has 0 saturated carbocycles. The number of likely N-dealkylation sites (tertiary alicyclic amines) is 1. The highest BCUT2D eigenvalue weighted by atomic mass is 16.5. The second-order valence-corrected chi connectivity index (χ2v) is 5.60. The van der Waals surface area contributed by atoms with Crippen LogP contribution in [0.5, 0.6) is 11.5 Å². The third-order valence-corrected chi connectivity index (χ3v) is 4.14. The van der Waals surface area contributed by atoms with Crippen LogP contribution in [-0.4, -0.2) is 36.7 Å². The first-order valence-corrected chi connectivity index (χ1v) is 7.60. The second kappa shape index (κ2) is 6.32. The molecule has 6 heteroatoms. The molecule has 1 aromatic carbocycles. The van der Waals surface area contributed by atoms with Crippen molar-refractivity contribution in [3.05, 3.63) is 41.3 Å². The molecule has 122 valence electrons. The van der Waals surface area contributed by atoms with Gasteiger partial charge >= 0.3 is 0 Å². The number of benzene rings is 1. The number of hydrogen-bond donors (Lipinski definition) is 0. The average molecular weight is 316 g/mol. The molecule has 2 heterocycles. The molecule has 1 atom stereocenters. The largest absolute Gasteiger partial charge is 0.493 e. The molecular formula is C17H20N2O4. The van der Waals surface area contributed by atoms with Crippen molar-refractivity contribution in [2.24, 2.45) is 0 Å². The van der Waals surface area contributed by atoms with Gasteiger partial charge < -0.3 is 18.9 Å². The minimum atomic E-state index is -0.122. The van der Waals surface area contributed by atoms with Crippen LogP contribution in [0.3, 0.4) is 0 Å². The second-order valence-electron chi connectivity index (χ2n) is 5.60. The molecule has 3 rings (SSSR count). The molecule has 0 bridgehead atoms. The molecule has 0 aliphatic carbocycles. The topological polar surface area (TPSA) is 64.8 Å². The van der Waals surface area contributed by atoms with Crippen molar-refractivity contribution < 1.29 is 18.8 Å². The molecule has 1 unspecified atom stereocenters. The fourth-order valence-electron chi connectivity index (χ4n) is 3.02. The molecule has 1 saturated heterocycles. The van der Waals surface area contributed by atoms with Gasteiger partial charge in [-0.05, 0) is 37.5 Å². The van der Waals surface area contributed by atoms with Gasteiger partial charge in [0, 0.05) is 12.6 Å². The number of aromatic nitrogens is 1. The summed E-state index contributed by atoms with van der Waals surface area (Å²) >= 11 is 0. The zero-order chi connectivity index (χ0) is 16.4. The van der Waals surface area contributed by atoms with E-state index in [0.717, 1.165) is 18.4 Å². The highest BCUT2D eigenvalue weighted by Gasteiger charge is 2.32. The number of amides is 1. The Bertz CT molecular complexity index is 710. The number of carbonyl (C=O) groups is 1. The van der Waals surface area contributed by atoms with E-state index >= 15 is 0 Å². The Hall–Kier alpha value is -2.50. The van der Waals surface area contributed by atoms with E-state index in [1.54, 1.807) is 27.2 Å². The maximum atomic E-state index is 12.7. The molecule has 0 N–H and O–H groups in total. The minimum absolute atomic E-state index is 0.00714. The number of ether oxygens (including phenoxy) is 2. The van der Waals surface area contributed by atoms with Gasteiger partial charge in [-0.25, -0.2) is 0 Å². The van der Waals surface area contributed by atoms with Gasteiger partial charge in [-0.3, -0.25) is 4.79 Å². The summed E-state index contributed by atoms with van der Waals surface area (Å²) in [6.07, 6.45) is 1.87. The highest BCUT2D eigenvalue weighted by Crippen LogP contribution is 2.37. The maximum absolute atomic E-state index is 12.7. The third kappa shape index (κ3) is 2.88. The van der Waals surface area contributed by atoms with Gasteiger partial charge in [0.05, 0.1) is 26.0 Å². The van der Waals surface area contributed by atoms with Gasteiger partial charge in [-0.1, -0.05) is 11.2 Å². The molecule has 6 nitrogen and oxygen atoms in total. The van der Waals surface area contributed by atoms with Crippen molar-refractivity contribution in [3.63, 3.8) is 0 Å². The quantitative estimate of drug-likeness (QED) is 0.867. The Labute approximate surface area is 135 Å². The van der Waals surface area contributed by atoms with Gasteiger partial charge in [0.15, 0.2) is 11.5 Å². The van der Waals surface area contributed by atoms with Crippen LogP contribution >= 0.6 is 0 Å². The van der Waals surface area contributed by atoms with Crippen LogP contribution in [0, 0.1) is 6.92 Å². The van der Waals surface area contributed by atoms with Crippen molar-refractivity contribution >= 4 is 5.91 Å². The van der Waals surface area contributed by atoms with Crippen LogP contribution in [-0.2, 0) is 0 Å². The van der Waals surface area contributed by atoms with Crippen molar-refractivity contribution in [1.29, 1.82) is 0 Å². The third-order valence-electron chi connectivity index (χ3n) is 4.14. The van der Waals surface area contributed by atoms with Crippen molar-refractivity contribution in [3.8, 4) is 11.5 Å². The summed E-state index contributed by atoms with van der Waals surface area (Å²) < 4.78 is 15.8. The number of aryl methyl sites for hydroxylation is 1. The standard InChI is InChI=1S/C17H20N2O4/c1-11-9-16(23-18-11)17(20)19-8-4-5-13(19)12-6-7-14(21-2)15(10-12)22-3/h6-7,9-10,13H,4-5,8H2,1-3H3. The Morgan fingerprint density at radius 2 is 2.04 bits per heavy atom. The molecule has 2 aromatic rings. The predicted octanol–water partition coefficient (Wildman–Crippen LogP) is 2.98. The van der Waals surface area contributed by atoms with Crippen LogP contribution in [0.4, 0.5) is 0 Å². The van der Waals surface area contributed by atoms with Crippen LogP contribution in [0.15, 0.2) is 28.8 Å². The molecule has 1 aromatic heterocycles. The SMILES string of the molecule is COc1ccc(C2CCCN2C(=O)c2cc(C)no2)cc1OC. The zero-order valence-corrected chi connectivity index (χ0v) is 13.5. The van der Waals surface area contributed by atoms with Gasteiger partial charge in [-0.15, -0.1) is 0 Å². The Kier molecular flexibility index (Phi) is 4.23. The van der Waals surface area contributed by atoms with Gasteiger partial charge in [0.1, 0.15) is 0 Å². The predicted molar refractivity (Wildman–Crippen MR) is 83.8 cm³/mol. The van der Waals surface area contributed by atoms with E-state index in [0.29, 0.717) is 23.7 Å². The summed E-state index contributed by atoms with van der Waals surface area (Å²) in [6.45, 7) is 2.51. The summed E-state index contributed by atoms with van der Waals surface area (Å²) in [7, 11) is 3.21. The Morgan fingerprint density at radius 1 is 1.26 bits per heavy atom. The number of rotatable bonds is 4. The maximum Gasteiger partial charge on any atom is 0.292 e. The molecule has 0 radical (unpaired) electrons. The van der Waals surface area contributed by atoms with E-state index in [-0.39, 0.29) is 17.7 Å². The lowest BCUT2D eigenvalue weighted by molar-refractivity contribution is 0.0693. The van der Waals surface area contributed by atoms with E-state index in [4.69, 9.17) is 14.0 Å². The highest BCUT2D eigenvalue weighted by molar-refractivity contribution is 5.92. The average Bonchev–Trinajstić information content (AvgIpc) is 3.22. The minimum Gasteiger partial charge on any atom is -0.493 e. The van der Waals surface area contributed by atoms with Gasteiger partial charge in [-0.2, -0.15) is 0 Å². The van der Waals surface area contributed by atoms with Crippen LogP contribution in [0.1, 0.15) is 40.7 Å². The van der Waals surface area contributed by atoms with Crippen molar-refractivity contribution in [2.75, 3.05) is 20.8 Å². The fraction of sp³-hybridized carbons (Fsp3) is 0.412. The van der Waals surface area contributed by atoms with Crippen molar-refractivity contribution in [1.82, 2.24) is 10.1 Å². The number of nitrogens with zero attached hydrogens (tertiary/aromatic N) is 2. The van der Waals surface area contributed by atoms with E-state index in [2.05, 4.69) is 5.16 Å². The molecule has 1 aliphatic rings. The summed E-state index contributed by atoms with van der Waals surface area (Å²) in [5.41, 5.74) is 1.74. The first kappa shape index (κ1) is 15.4. The number of carbonyl (C=O) groups excluding carboxylic acids is 1. The zero-order valence-electron chi connectivity index (χ0n) is 13.5. The summed E-state index contributed by atoms with van der Waals surface area (Å²) in [5, 5.41) is 3.80. The van der Waals surface area contributed by atoms with Gasteiger partial charge in [0.2, 0.25) is 5.76 Å². The lowest BCUT2D eigenvalue weighted by atomic mass is 10.0. The Morgan fingerprint density at radius 3 is 2.70 bits per heavy atom.